The van der Waals surface area contributed by atoms with Gasteiger partial charge < -0.3 is 4.98 Å². The average molecular weight is 278 g/mol. The van der Waals surface area contributed by atoms with E-state index in [1.165, 1.54) is 4.88 Å². The quantitative estimate of drug-likeness (QED) is 0.780. The Morgan fingerprint density at radius 1 is 1.50 bits per heavy atom. The highest BCUT2D eigenvalue weighted by Gasteiger charge is 2.09. The van der Waals surface area contributed by atoms with Gasteiger partial charge in [0, 0.05) is 17.1 Å². The van der Waals surface area contributed by atoms with Crippen molar-refractivity contribution in [2.45, 2.75) is 13.0 Å². The van der Waals surface area contributed by atoms with Crippen LogP contribution in [0, 0.1) is 0 Å². The van der Waals surface area contributed by atoms with Gasteiger partial charge in [0.05, 0.1) is 12.7 Å². The number of imidazole rings is 1. The van der Waals surface area contributed by atoms with Crippen molar-refractivity contribution in [3.8, 4) is 0 Å². The van der Waals surface area contributed by atoms with Gasteiger partial charge in [0.1, 0.15) is 11.3 Å². The molecule has 0 aliphatic rings. The Bertz CT molecular complexity index is 624. The van der Waals surface area contributed by atoms with E-state index in [0.29, 0.717) is 0 Å². The Labute approximate surface area is 113 Å². The van der Waals surface area contributed by atoms with Gasteiger partial charge in [-0.05, 0) is 17.7 Å². The lowest BCUT2D eigenvalue weighted by Crippen LogP contribution is -2.00. The van der Waals surface area contributed by atoms with Crippen LogP contribution in [0.2, 0.25) is 0 Å². The predicted molar refractivity (Wildman–Crippen MR) is 77.4 cm³/mol. The smallest absolute Gasteiger partial charge is 0.176 e. The Morgan fingerprint density at radius 2 is 2.44 bits per heavy atom. The number of thioether (sulfide) groups is 1. The molecule has 0 amide bonds. The van der Waals surface area contributed by atoms with E-state index in [1.807, 2.05) is 22.6 Å². The molecular weight excluding hydrogens is 264 g/mol. The maximum absolute atomic E-state index is 4.63. The van der Waals surface area contributed by atoms with Gasteiger partial charge >= 0.3 is 0 Å². The number of hydrogen-bond acceptors (Lipinski definition) is 4. The summed E-state index contributed by atoms with van der Waals surface area (Å²) in [5, 5.41) is 6.46. The molecule has 0 aromatic carbocycles. The third kappa shape index (κ3) is 2.30. The van der Waals surface area contributed by atoms with Crippen LogP contribution in [-0.2, 0) is 13.0 Å². The van der Waals surface area contributed by atoms with Crippen LogP contribution in [0.5, 0.6) is 0 Å². The minimum absolute atomic E-state index is 0.800. The first-order chi connectivity index (χ1) is 8.86. The molecule has 94 valence electrons. The second-order valence-corrected chi connectivity index (χ2v) is 6.06. The molecule has 3 aromatic heterocycles. The number of nitrogens with zero attached hydrogens (tertiary/aromatic N) is 3. The fraction of sp³-hybridized carbons (Fsp3) is 0.333. The molecule has 4 nitrogen and oxygen atoms in total. The molecule has 0 bridgehead atoms. The Kier molecular flexibility index (Phi) is 3.38. The lowest BCUT2D eigenvalue weighted by Gasteiger charge is -1.98. The average Bonchev–Trinajstić information content (AvgIpc) is 3.06. The van der Waals surface area contributed by atoms with Crippen LogP contribution in [0.25, 0.3) is 11.2 Å². The zero-order valence-corrected chi connectivity index (χ0v) is 11.7. The van der Waals surface area contributed by atoms with Gasteiger partial charge in [-0.25, -0.2) is 9.67 Å². The topological polar surface area (TPSA) is 46.5 Å². The normalized spacial score (nSPS) is 11.4. The molecule has 0 unspecified atom stereocenters. The molecule has 3 aromatic rings. The summed E-state index contributed by atoms with van der Waals surface area (Å²) in [6.07, 6.45) is 4.95. The van der Waals surface area contributed by atoms with Crippen LogP contribution >= 0.6 is 23.1 Å². The second kappa shape index (κ2) is 5.16. The molecule has 3 heterocycles. The fourth-order valence-corrected chi connectivity index (χ4v) is 2.96. The third-order valence-electron chi connectivity index (χ3n) is 2.76. The molecule has 0 fully saturated rings. The van der Waals surface area contributed by atoms with Crippen LogP contribution in [-0.4, -0.2) is 31.8 Å². The maximum Gasteiger partial charge on any atom is 0.176 e. The number of nitrogens with one attached hydrogen (secondary N) is 1. The number of rotatable bonds is 5. The first kappa shape index (κ1) is 11.8. The molecule has 0 atom stereocenters. The van der Waals surface area contributed by atoms with E-state index in [0.717, 1.165) is 35.7 Å². The van der Waals surface area contributed by atoms with Gasteiger partial charge in [0.25, 0.3) is 0 Å². The maximum atomic E-state index is 4.63. The zero-order valence-electron chi connectivity index (χ0n) is 10.1. The van der Waals surface area contributed by atoms with Crippen LogP contribution in [0.3, 0.4) is 0 Å². The standard InChI is InChI=1S/C12H14N4S2/c1-17-6-4-11-14-10-7-13-16(12(10)15-11)8-9-3-2-5-18-9/h2-3,5,7H,4,6,8H2,1H3,(H,14,15). The lowest BCUT2D eigenvalue weighted by molar-refractivity contribution is 0.710. The van der Waals surface area contributed by atoms with Crippen molar-refractivity contribution in [2.24, 2.45) is 0 Å². The molecule has 0 radical (unpaired) electrons. The molecular formula is C12H14N4S2. The van der Waals surface area contributed by atoms with Crippen molar-refractivity contribution in [3.63, 3.8) is 0 Å². The highest BCUT2D eigenvalue weighted by Crippen LogP contribution is 2.16. The van der Waals surface area contributed by atoms with Gasteiger partial charge in [0.2, 0.25) is 0 Å². The van der Waals surface area contributed by atoms with Crippen LogP contribution < -0.4 is 0 Å². The summed E-state index contributed by atoms with van der Waals surface area (Å²) in [7, 11) is 0. The highest BCUT2D eigenvalue weighted by atomic mass is 32.2. The lowest BCUT2D eigenvalue weighted by atomic mass is 10.4. The minimum Gasteiger partial charge on any atom is -0.339 e. The summed E-state index contributed by atoms with van der Waals surface area (Å²) in [5.41, 5.74) is 1.99. The number of aryl methyl sites for hydroxylation is 1. The predicted octanol–water partition coefficient (Wildman–Crippen LogP) is 2.77. The van der Waals surface area contributed by atoms with E-state index in [9.17, 15) is 0 Å². The monoisotopic (exact) mass is 278 g/mol. The second-order valence-electron chi connectivity index (χ2n) is 4.05. The van der Waals surface area contributed by atoms with E-state index in [1.54, 1.807) is 11.3 Å². The molecule has 0 aliphatic heterocycles. The van der Waals surface area contributed by atoms with Crippen molar-refractivity contribution < 1.29 is 0 Å². The van der Waals surface area contributed by atoms with Crippen LogP contribution in [0.4, 0.5) is 0 Å². The zero-order chi connectivity index (χ0) is 12.4. The largest absolute Gasteiger partial charge is 0.339 e. The van der Waals surface area contributed by atoms with E-state index in [4.69, 9.17) is 0 Å². The number of aromatic nitrogens is 4. The van der Waals surface area contributed by atoms with Crippen molar-refractivity contribution >= 4 is 34.3 Å². The Morgan fingerprint density at radius 3 is 3.22 bits per heavy atom. The van der Waals surface area contributed by atoms with Crippen molar-refractivity contribution in [3.05, 3.63) is 34.4 Å². The van der Waals surface area contributed by atoms with E-state index in [2.05, 4.69) is 38.8 Å². The molecule has 6 heteroatoms. The minimum atomic E-state index is 0.800. The third-order valence-corrected chi connectivity index (χ3v) is 4.23. The van der Waals surface area contributed by atoms with E-state index >= 15 is 0 Å². The SMILES string of the molecule is CSCCc1nc2c(cnn2Cc2cccs2)[nH]1. The van der Waals surface area contributed by atoms with Crippen LogP contribution in [0.1, 0.15) is 10.7 Å². The number of thiophene rings is 1. The Hall–Kier alpha value is -1.27. The first-order valence-corrected chi connectivity index (χ1v) is 8.06. The fourth-order valence-electron chi connectivity index (χ4n) is 1.88. The van der Waals surface area contributed by atoms with E-state index in [-0.39, 0.29) is 0 Å². The molecule has 0 saturated heterocycles. The Balaban J connectivity index is 1.86. The van der Waals surface area contributed by atoms with Gasteiger partial charge in [-0.2, -0.15) is 16.9 Å². The number of fused-ring (bicyclic) bond motifs is 1. The van der Waals surface area contributed by atoms with Gasteiger partial charge in [0.15, 0.2) is 5.65 Å². The summed E-state index contributed by atoms with van der Waals surface area (Å²) in [5.74, 6) is 2.14. The molecule has 3 rings (SSSR count). The highest BCUT2D eigenvalue weighted by molar-refractivity contribution is 7.98. The molecule has 0 aliphatic carbocycles. The summed E-state index contributed by atoms with van der Waals surface area (Å²) in [6, 6.07) is 4.19. The molecule has 0 saturated carbocycles. The summed E-state index contributed by atoms with van der Waals surface area (Å²) in [4.78, 5) is 9.25. The van der Waals surface area contributed by atoms with Crippen molar-refractivity contribution in [2.75, 3.05) is 12.0 Å². The number of H-pyrrole nitrogens is 1. The number of aromatic amines is 1. The van der Waals surface area contributed by atoms with Gasteiger partial charge in [-0.1, -0.05) is 6.07 Å². The first-order valence-electron chi connectivity index (χ1n) is 5.78. The van der Waals surface area contributed by atoms with Crippen LogP contribution in [0.15, 0.2) is 23.7 Å². The molecule has 18 heavy (non-hydrogen) atoms. The molecule has 1 N–H and O–H groups in total. The summed E-state index contributed by atoms with van der Waals surface area (Å²) >= 11 is 3.58. The van der Waals surface area contributed by atoms with E-state index < -0.39 is 0 Å². The molecule has 0 spiro atoms. The van der Waals surface area contributed by atoms with Crippen molar-refractivity contribution in [1.82, 2.24) is 19.7 Å². The van der Waals surface area contributed by atoms with Gasteiger partial charge in [-0.3, -0.25) is 0 Å². The van der Waals surface area contributed by atoms with Gasteiger partial charge in [-0.15, -0.1) is 11.3 Å². The number of hydrogen-bond donors (Lipinski definition) is 1. The van der Waals surface area contributed by atoms with Crippen molar-refractivity contribution in [1.29, 1.82) is 0 Å². The summed E-state index contributed by atoms with van der Waals surface area (Å²) in [6.45, 7) is 0.800. The summed E-state index contributed by atoms with van der Waals surface area (Å²) < 4.78 is 1.96.